The Labute approximate surface area is 210 Å². The molecule has 4 fully saturated rings. The molecule has 1 aromatic carbocycles. The minimum Gasteiger partial charge on any atom is -0.381 e. The van der Waals surface area contributed by atoms with Crippen molar-refractivity contribution in [1.82, 2.24) is 29.2 Å². The van der Waals surface area contributed by atoms with Crippen LogP contribution in [0.2, 0.25) is 0 Å². The fourth-order valence-corrected chi connectivity index (χ4v) is 7.14. The van der Waals surface area contributed by atoms with Crippen LogP contribution in [-0.4, -0.2) is 83.5 Å². The number of aromatic nitrogens is 4. The molecule has 3 N–H and O–H groups in total. The van der Waals surface area contributed by atoms with Crippen molar-refractivity contribution in [2.75, 3.05) is 45.2 Å². The Hall–Kier alpha value is -2.64. The van der Waals surface area contributed by atoms with Crippen molar-refractivity contribution < 1.29 is 17.9 Å². The lowest BCUT2D eigenvalue weighted by Gasteiger charge is -2.54. The van der Waals surface area contributed by atoms with E-state index in [-0.39, 0.29) is 16.3 Å². The SMILES string of the molecule is Cc1ccc(S(=O)(=O)NC23CCC(CN4CCOCC4)(CC2)OC3)cc1-c1cnc2c(N)ncnn12. The van der Waals surface area contributed by atoms with Gasteiger partial charge in [0.1, 0.15) is 6.33 Å². The van der Waals surface area contributed by atoms with Gasteiger partial charge in [0.2, 0.25) is 10.0 Å². The van der Waals surface area contributed by atoms with Gasteiger partial charge in [-0.15, -0.1) is 0 Å². The van der Waals surface area contributed by atoms with E-state index in [1.807, 2.05) is 6.92 Å². The minimum absolute atomic E-state index is 0.186. The smallest absolute Gasteiger partial charge is 0.241 e. The van der Waals surface area contributed by atoms with E-state index in [9.17, 15) is 8.42 Å². The molecular weight excluding hydrogens is 482 g/mol. The lowest BCUT2D eigenvalue weighted by Crippen LogP contribution is -2.65. The Morgan fingerprint density at radius 3 is 2.64 bits per heavy atom. The number of rotatable bonds is 6. The summed E-state index contributed by atoms with van der Waals surface area (Å²) < 4.78 is 43.6. The predicted octanol–water partition coefficient (Wildman–Crippen LogP) is 1.37. The van der Waals surface area contributed by atoms with Crippen LogP contribution in [-0.2, 0) is 19.5 Å². The number of anilines is 1. The molecule has 3 saturated heterocycles. The second kappa shape index (κ2) is 8.73. The maximum absolute atomic E-state index is 13.6. The van der Waals surface area contributed by atoms with Gasteiger partial charge in [0.15, 0.2) is 11.5 Å². The highest BCUT2D eigenvalue weighted by Gasteiger charge is 2.52. The van der Waals surface area contributed by atoms with Crippen LogP contribution in [0.1, 0.15) is 31.2 Å². The zero-order valence-corrected chi connectivity index (χ0v) is 21.1. The van der Waals surface area contributed by atoms with E-state index < -0.39 is 15.6 Å². The Balaban J connectivity index is 1.22. The van der Waals surface area contributed by atoms with Crippen molar-refractivity contribution >= 4 is 21.5 Å². The van der Waals surface area contributed by atoms with Gasteiger partial charge in [-0.25, -0.2) is 27.6 Å². The first-order chi connectivity index (χ1) is 17.3. The zero-order valence-electron chi connectivity index (χ0n) is 20.3. The highest BCUT2D eigenvalue weighted by molar-refractivity contribution is 7.89. The van der Waals surface area contributed by atoms with Crippen molar-refractivity contribution in [2.24, 2.45) is 0 Å². The van der Waals surface area contributed by atoms with E-state index in [1.54, 1.807) is 28.9 Å². The largest absolute Gasteiger partial charge is 0.381 e. The molecule has 2 bridgehead atoms. The van der Waals surface area contributed by atoms with Gasteiger partial charge in [0.05, 0.1) is 47.7 Å². The lowest BCUT2D eigenvalue weighted by atomic mass is 9.71. The Morgan fingerprint density at radius 1 is 1.14 bits per heavy atom. The summed E-state index contributed by atoms with van der Waals surface area (Å²) in [5, 5.41) is 4.25. The summed E-state index contributed by atoms with van der Waals surface area (Å²) in [5.41, 5.74) is 7.85. The molecule has 5 heterocycles. The van der Waals surface area contributed by atoms with Crippen LogP contribution in [0.5, 0.6) is 0 Å². The molecule has 3 aliphatic heterocycles. The van der Waals surface area contributed by atoms with Crippen molar-refractivity contribution in [2.45, 2.75) is 48.6 Å². The van der Waals surface area contributed by atoms with E-state index in [0.29, 0.717) is 23.5 Å². The van der Waals surface area contributed by atoms with Gasteiger partial charge in [-0.2, -0.15) is 5.10 Å². The van der Waals surface area contributed by atoms with Gasteiger partial charge in [-0.05, 0) is 50.3 Å². The Morgan fingerprint density at radius 2 is 1.92 bits per heavy atom. The molecule has 0 spiro atoms. The monoisotopic (exact) mass is 513 g/mol. The lowest BCUT2D eigenvalue weighted by molar-refractivity contribution is -0.170. The molecular formula is C24H31N7O4S. The third-order valence-corrected chi connectivity index (χ3v) is 9.44. The average Bonchev–Trinajstić information content (AvgIpc) is 3.31. The van der Waals surface area contributed by atoms with Gasteiger partial charge >= 0.3 is 0 Å². The summed E-state index contributed by atoms with van der Waals surface area (Å²) in [6.07, 6.45) is 6.20. The van der Waals surface area contributed by atoms with Crippen molar-refractivity contribution in [3.05, 3.63) is 36.3 Å². The van der Waals surface area contributed by atoms with Crippen LogP contribution in [0.25, 0.3) is 16.9 Å². The molecule has 12 heteroatoms. The average molecular weight is 514 g/mol. The number of nitrogen functional groups attached to an aromatic ring is 1. The molecule has 0 radical (unpaired) electrons. The fraction of sp³-hybridized carbons (Fsp3) is 0.542. The van der Waals surface area contributed by atoms with Crippen LogP contribution >= 0.6 is 0 Å². The molecule has 36 heavy (non-hydrogen) atoms. The summed E-state index contributed by atoms with van der Waals surface area (Å²) in [6, 6.07) is 5.11. The first kappa shape index (κ1) is 23.7. The molecule has 192 valence electrons. The van der Waals surface area contributed by atoms with Crippen LogP contribution in [0, 0.1) is 6.92 Å². The van der Waals surface area contributed by atoms with Gasteiger partial charge < -0.3 is 15.2 Å². The van der Waals surface area contributed by atoms with Crippen LogP contribution in [0.4, 0.5) is 5.82 Å². The summed E-state index contributed by atoms with van der Waals surface area (Å²) in [4.78, 5) is 10.9. The second-order valence-corrected chi connectivity index (χ2v) is 11.9. The molecule has 7 rings (SSSR count). The third kappa shape index (κ3) is 4.16. The van der Waals surface area contributed by atoms with Crippen molar-refractivity contribution in [3.63, 3.8) is 0 Å². The van der Waals surface area contributed by atoms with Gasteiger partial charge in [0.25, 0.3) is 0 Å². The molecule has 0 unspecified atom stereocenters. The predicted molar refractivity (Wildman–Crippen MR) is 133 cm³/mol. The zero-order chi connectivity index (χ0) is 25.0. The summed E-state index contributed by atoms with van der Waals surface area (Å²) >= 11 is 0. The Kier molecular flexibility index (Phi) is 5.76. The summed E-state index contributed by atoms with van der Waals surface area (Å²) in [7, 11) is -3.79. The number of hydrogen-bond acceptors (Lipinski definition) is 9. The molecule has 0 amide bonds. The number of imidazole rings is 1. The topological polar surface area (TPSA) is 137 Å². The summed E-state index contributed by atoms with van der Waals surface area (Å²) in [5.74, 6) is 0.262. The number of fused-ring (bicyclic) bond motifs is 4. The minimum atomic E-state index is -3.79. The number of aryl methyl sites for hydroxylation is 1. The van der Waals surface area contributed by atoms with Crippen molar-refractivity contribution in [3.8, 4) is 11.3 Å². The first-order valence-corrected chi connectivity index (χ1v) is 13.8. The highest BCUT2D eigenvalue weighted by Crippen LogP contribution is 2.45. The number of nitrogens with zero attached hydrogens (tertiary/aromatic N) is 5. The third-order valence-electron chi connectivity index (χ3n) is 7.87. The normalized spacial score (nSPS) is 27.0. The molecule has 0 atom stereocenters. The van der Waals surface area contributed by atoms with Crippen LogP contribution in [0.15, 0.2) is 35.6 Å². The van der Waals surface area contributed by atoms with E-state index in [2.05, 4.69) is 24.7 Å². The van der Waals surface area contributed by atoms with E-state index in [0.717, 1.165) is 64.1 Å². The molecule has 1 aliphatic carbocycles. The quantitative estimate of drug-likeness (QED) is 0.501. The number of benzene rings is 1. The highest BCUT2D eigenvalue weighted by atomic mass is 32.2. The second-order valence-electron chi connectivity index (χ2n) is 10.2. The summed E-state index contributed by atoms with van der Waals surface area (Å²) in [6.45, 7) is 6.55. The van der Waals surface area contributed by atoms with E-state index in [4.69, 9.17) is 15.2 Å². The number of hydrogen-bond donors (Lipinski definition) is 2. The maximum atomic E-state index is 13.6. The van der Waals surface area contributed by atoms with E-state index >= 15 is 0 Å². The first-order valence-electron chi connectivity index (χ1n) is 12.3. The van der Waals surface area contributed by atoms with Crippen LogP contribution in [0.3, 0.4) is 0 Å². The molecule has 4 aliphatic rings. The standard InChI is InChI=1S/C24H31N7O4S/c1-17-2-3-18(12-19(17)20-13-26-22-21(25)27-16-28-31(20)22)36(32,33)29-23-4-6-24(7-5-23,35-15-23)14-30-8-10-34-11-9-30/h2-3,12-13,16,29H,4-11,14-15H2,1H3,(H2,25,27,28). The van der Waals surface area contributed by atoms with Crippen molar-refractivity contribution in [1.29, 1.82) is 0 Å². The number of nitrogens with two attached hydrogens (primary N) is 1. The van der Waals surface area contributed by atoms with Gasteiger partial charge in [0, 0.05) is 25.2 Å². The maximum Gasteiger partial charge on any atom is 0.241 e. The van der Waals surface area contributed by atoms with Gasteiger partial charge in [-0.1, -0.05) is 6.07 Å². The number of nitrogens with one attached hydrogen (secondary N) is 1. The fourth-order valence-electron chi connectivity index (χ4n) is 5.67. The number of ether oxygens (including phenoxy) is 2. The molecule has 1 saturated carbocycles. The number of sulfonamides is 1. The molecule has 11 nitrogen and oxygen atoms in total. The number of morpholine rings is 1. The van der Waals surface area contributed by atoms with Crippen LogP contribution < -0.4 is 10.5 Å². The van der Waals surface area contributed by atoms with E-state index in [1.165, 1.54) is 6.33 Å². The molecule has 2 aromatic heterocycles. The Bertz CT molecular complexity index is 1380. The molecule has 3 aromatic rings. The van der Waals surface area contributed by atoms with Gasteiger partial charge in [-0.3, -0.25) is 4.90 Å².